The molecule has 0 spiro atoms. The van der Waals surface area contributed by atoms with E-state index in [-0.39, 0.29) is 17.0 Å². The number of thiophene rings is 1. The number of pyridine rings is 1. The van der Waals surface area contributed by atoms with E-state index in [1.807, 2.05) is 61.0 Å². The van der Waals surface area contributed by atoms with Gasteiger partial charge in [-0.05, 0) is 35.7 Å². The van der Waals surface area contributed by atoms with Gasteiger partial charge in [0.15, 0.2) is 0 Å². The third-order valence-electron chi connectivity index (χ3n) is 7.09. The smallest absolute Gasteiger partial charge is 0.257 e. The van der Waals surface area contributed by atoms with Crippen LogP contribution in [0.15, 0.2) is 65.6 Å². The van der Waals surface area contributed by atoms with Gasteiger partial charge in [0.2, 0.25) is 5.43 Å². The van der Waals surface area contributed by atoms with Crippen LogP contribution in [0.3, 0.4) is 0 Å². The lowest BCUT2D eigenvalue weighted by molar-refractivity contribution is -0.0629. The first-order chi connectivity index (χ1) is 18.3. The molecule has 1 unspecified atom stereocenters. The molecule has 0 radical (unpaired) electrons. The van der Waals surface area contributed by atoms with Crippen LogP contribution in [0, 0.1) is 6.92 Å². The lowest BCUT2D eigenvalue weighted by Gasteiger charge is -2.38. The minimum Gasteiger partial charge on any atom is -0.387 e. The normalized spacial score (nSPS) is 17.0. The van der Waals surface area contributed by atoms with Crippen LogP contribution >= 0.6 is 22.9 Å². The summed E-state index contributed by atoms with van der Waals surface area (Å²) in [4.78, 5) is 30.6. The fraction of sp³-hybridized carbons (Fsp3) is 0.310. The molecule has 9 heteroatoms. The number of hydrogen-bond donors (Lipinski definition) is 2. The number of nitrogens with zero attached hydrogens (tertiary/aromatic N) is 2. The molecule has 0 aliphatic carbocycles. The molecule has 1 amide bonds. The van der Waals surface area contributed by atoms with E-state index in [9.17, 15) is 14.7 Å². The second kappa shape index (κ2) is 11.4. The number of rotatable bonds is 7. The summed E-state index contributed by atoms with van der Waals surface area (Å²) in [7, 11) is 1.86. The molecule has 2 N–H and O–H groups in total. The molecule has 1 aliphatic heterocycles. The van der Waals surface area contributed by atoms with E-state index in [4.69, 9.17) is 16.3 Å². The Labute approximate surface area is 230 Å². The molecule has 2 atom stereocenters. The predicted octanol–water partition coefficient (Wildman–Crippen LogP) is 4.43. The summed E-state index contributed by atoms with van der Waals surface area (Å²) in [5.41, 5.74) is 2.47. The van der Waals surface area contributed by atoms with Gasteiger partial charge in [-0.1, -0.05) is 54.1 Å². The highest BCUT2D eigenvalue weighted by molar-refractivity contribution is 7.18. The average Bonchev–Trinajstić information content (AvgIpc) is 3.27. The van der Waals surface area contributed by atoms with Crippen LogP contribution in [0.1, 0.15) is 38.0 Å². The first kappa shape index (κ1) is 26.6. The maximum Gasteiger partial charge on any atom is 0.257 e. The minimum absolute atomic E-state index is 0.116. The third-order valence-corrected chi connectivity index (χ3v) is 8.70. The monoisotopic (exact) mass is 551 g/mol. The molecule has 1 aliphatic rings. The molecular formula is C29H30ClN3O4S. The zero-order valence-electron chi connectivity index (χ0n) is 21.3. The highest BCUT2D eigenvalue weighted by Crippen LogP contribution is 2.32. The number of fused-ring (bicyclic) bond motifs is 1. The van der Waals surface area contributed by atoms with Crippen molar-refractivity contribution in [2.45, 2.75) is 32.2 Å². The molecule has 0 saturated carbocycles. The molecule has 7 nitrogen and oxygen atoms in total. The number of aromatic nitrogens is 1. The number of halogens is 1. The number of aliphatic hydroxyl groups excluding tert-OH is 1. The molecule has 5 rings (SSSR count). The Morgan fingerprint density at radius 2 is 1.95 bits per heavy atom. The van der Waals surface area contributed by atoms with E-state index in [2.05, 4.69) is 10.2 Å². The number of aliphatic hydroxyl groups is 1. The maximum absolute atomic E-state index is 13.5. The van der Waals surface area contributed by atoms with Gasteiger partial charge in [0, 0.05) is 42.8 Å². The molecule has 38 heavy (non-hydrogen) atoms. The molecule has 1 fully saturated rings. The van der Waals surface area contributed by atoms with Crippen molar-refractivity contribution >= 4 is 39.1 Å². The predicted molar refractivity (Wildman–Crippen MR) is 151 cm³/mol. The Kier molecular flexibility index (Phi) is 7.97. The summed E-state index contributed by atoms with van der Waals surface area (Å²) in [5, 5.41) is 15.2. The van der Waals surface area contributed by atoms with Crippen LogP contribution in [-0.2, 0) is 24.9 Å². The van der Waals surface area contributed by atoms with Crippen LogP contribution in [0.5, 0.6) is 0 Å². The Morgan fingerprint density at radius 1 is 1.21 bits per heavy atom. The van der Waals surface area contributed by atoms with Crippen molar-refractivity contribution in [2.75, 3.05) is 19.8 Å². The Morgan fingerprint density at radius 3 is 2.68 bits per heavy atom. The summed E-state index contributed by atoms with van der Waals surface area (Å²) in [6.07, 6.45) is 0.923. The zero-order chi connectivity index (χ0) is 26.8. The lowest BCUT2D eigenvalue weighted by Crippen LogP contribution is -2.48. The van der Waals surface area contributed by atoms with Crippen molar-refractivity contribution in [3.05, 3.63) is 103 Å². The first-order valence-corrected chi connectivity index (χ1v) is 13.7. The summed E-state index contributed by atoms with van der Waals surface area (Å²) in [6.45, 7) is 4.51. The fourth-order valence-electron chi connectivity index (χ4n) is 4.90. The summed E-state index contributed by atoms with van der Waals surface area (Å²) in [5.74, 6) is -0.408. The number of aryl methyl sites for hydroxylation is 2. The number of benzene rings is 2. The zero-order valence-corrected chi connectivity index (χ0v) is 22.9. The molecule has 1 saturated heterocycles. The van der Waals surface area contributed by atoms with E-state index < -0.39 is 12.0 Å². The van der Waals surface area contributed by atoms with E-state index in [1.165, 1.54) is 0 Å². The van der Waals surface area contributed by atoms with Crippen molar-refractivity contribution in [3.8, 4) is 0 Å². The second-order valence-corrected chi connectivity index (χ2v) is 11.1. The van der Waals surface area contributed by atoms with Crippen LogP contribution < -0.4 is 10.7 Å². The second-order valence-electron chi connectivity index (χ2n) is 9.59. The standard InChI is InChI=1S/C29H30ClN3O4S/c1-18-24(16-33-12-13-37-17-23(33)26(34)20-6-4-3-5-7-20)38-29-25(18)27(35)22(15-32(29)2)28(36)31-14-19-8-10-21(30)11-9-19/h3-11,15,23,26,34H,12-14,16-17H2,1-2H3,(H,31,36)/t23-,26?/m1/s1. The van der Waals surface area contributed by atoms with E-state index >= 15 is 0 Å². The van der Waals surface area contributed by atoms with E-state index in [0.717, 1.165) is 26.4 Å². The van der Waals surface area contributed by atoms with Gasteiger partial charge in [0.05, 0.1) is 30.7 Å². The SMILES string of the molecule is Cc1c(CN2CCOC[C@@H]2C(O)c2ccccc2)sc2c1c(=O)c(C(=O)NCc1ccc(Cl)cc1)cn2C. The van der Waals surface area contributed by atoms with Crippen molar-refractivity contribution in [1.82, 2.24) is 14.8 Å². The summed E-state index contributed by atoms with van der Waals surface area (Å²) >= 11 is 7.50. The molecular weight excluding hydrogens is 522 g/mol. The highest BCUT2D eigenvalue weighted by Gasteiger charge is 2.31. The largest absolute Gasteiger partial charge is 0.387 e. The Bertz CT molecular complexity index is 1500. The highest BCUT2D eigenvalue weighted by atomic mass is 35.5. The van der Waals surface area contributed by atoms with Gasteiger partial charge < -0.3 is 19.7 Å². The first-order valence-electron chi connectivity index (χ1n) is 12.5. The van der Waals surface area contributed by atoms with Gasteiger partial charge in [0.1, 0.15) is 10.4 Å². The van der Waals surface area contributed by atoms with Gasteiger partial charge in [0.25, 0.3) is 5.91 Å². The van der Waals surface area contributed by atoms with Crippen LogP contribution in [-0.4, -0.2) is 46.3 Å². The number of morpholine rings is 1. The third kappa shape index (κ3) is 5.41. The van der Waals surface area contributed by atoms with Gasteiger partial charge in [-0.3, -0.25) is 14.5 Å². The fourth-order valence-corrected chi connectivity index (χ4v) is 6.29. The van der Waals surface area contributed by atoms with Gasteiger partial charge in [-0.25, -0.2) is 0 Å². The van der Waals surface area contributed by atoms with Crippen molar-refractivity contribution in [2.24, 2.45) is 7.05 Å². The van der Waals surface area contributed by atoms with Crippen LogP contribution in [0.2, 0.25) is 5.02 Å². The topological polar surface area (TPSA) is 83.8 Å². The van der Waals surface area contributed by atoms with Crippen molar-refractivity contribution < 1.29 is 14.6 Å². The minimum atomic E-state index is -0.687. The number of ether oxygens (including phenoxy) is 1. The molecule has 4 aromatic rings. The molecule has 2 aromatic heterocycles. The van der Waals surface area contributed by atoms with Gasteiger partial charge >= 0.3 is 0 Å². The Balaban J connectivity index is 1.40. The summed E-state index contributed by atoms with van der Waals surface area (Å²) in [6, 6.07) is 16.6. The molecule has 2 aromatic carbocycles. The van der Waals surface area contributed by atoms with Gasteiger partial charge in [-0.15, -0.1) is 11.3 Å². The van der Waals surface area contributed by atoms with Gasteiger partial charge in [-0.2, -0.15) is 0 Å². The number of carbonyl (C=O) groups is 1. The quantitative estimate of drug-likeness (QED) is 0.355. The number of amides is 1. The van der Waals surface area contributed by atoms with Crippen LogP contribution in [0.25, 0.3) is 10.2 Å². The van der Waals surface area contributed by atoms with Crippen molar-refractivity contribution in [3.63, 3.8) is 0 Å². The van der Waals surface area contributed by atoms with Crippen LogP contribution in [0.4, 0.5) is 0 Å². The van der Waals surface area contributed by atoms with E-state index in [1.54, 1.807) is 29.7 Å². The van der Waals surface area contributed by atoms with E-state index in [0.29, 0.717) is 43.3 Å². The maximum atomic E-state index is 13.5. The molecule has 3 heterocycles. The average molecular weight is 552 g/mol. The molecule has 198 valence electrons. The Hall–Kier alpha value is -3.01. The molecule has 0 bridgehead atoms. The number of hydrogen-bond acceptors (Lipinski definition) is 6. The number of carbonyl (C=O) groups excluding carboxylic acids is 1. The summed E-state index contributed by atoms with van der Waals surface area (Å²) < 4.78 is 7.57. The van der Waals surface area contributed by atoms with Crippen molar-refractivity contribution in [1.29, 1.82) is 0 Å². The lowest BCUT2D eigenvalue weighted by atomic mass is 10.00. The number of nitrogens with one attached hydrogen (secondary N) is 1.